The molecular weight excluding hydrogens is 188 g/mol. The van der Waals surface area contributed by atoms with Crippen LogP contribution in [0.3, 0.4) is 0 Å². The zero-order valence-corrected chi connectivity index (χ0v) is 9.46. The summed E-state index contributed by atoms with van der Waals surface area (Å²) < 4.78 is 5.47. The predicted molar refractivity (Wildman–Crippen MR) is 58.9 cm³/mol. The normalized spacial score (nSPS) is 23.8. The van der Waals surface area contributed by atoms with Gasteiger partial charge in [0, 0.05) is 5.56 Å². The molecule has 2 heteroatoms. The van der Waals surface area contributed by atoms with E-state index in [4.69, 9.17) is 4.74 Å². The van der Waals surface area contributed by atoms with Crippen LogP contribution in [0.2, 0.25) is 0 Å². The van der Waals surface area contributed by atoms with E-state index in [-0.39, 0.29) is 5.97 Å². The lowest BCUT2D eigenvalue weighted by molar-refractivity contribution is -0.00103. The second-order valence-electron chi connectivity index (χ2n) is 4.17. The molecule has 0 radical (unpaired) electrons. The van der Waals surface area contributed by atoms with Crippen molar-refractivity contribution in [1.82, 2.24) is 0 Å². The summed E-state index contributed by atoms with van der Waals surface area (Å²) in [5.41, 5.74) is 2.65. The van der Waals surface area contributed by atoms with Crippen molar-refractivity contribution in [3.05, 3.63) is 34.9 Å². The summed E-state index contributed by atoms with van der Waals surface area (Å²) in [6.07, 6.45) is 1.76. The molecule has 0 aliphatic carbocycles. The van der Waals surface area contributed by atoms with E-state index in [0.717, 1.165) is 24.0 Å². The number of ether oxygens (including phenoxy) is 1. The molecule has 0 saturated heterocycles. The van der Waals surface area contributed by atoms with Crippen LogP contribution >= 0.6 is 0 Å². The van der Waals surface area contributed by atoms with Crippen LogP contribution in [0.1, 0.15) is 48.7 Å². The number of esters is 1. The maximum absolute atomic E-state index is 11.7. The second-order valence-corrected chi connectivity index (χ2v) is 4.17. The quantitative estimate of drug-likeness (QED) is 0.692. The van der Waals surface area contributed by atoms with E-state index in [1.807, 2.05) is 19.1 Å². The number of cyclic esters (lactones) is 1. The Morgan fingerprint density at radius 1 is 1.33 bits per heavy atom. The van der Waals surface area contributed by atoms with Crippen molar-refractivity contribution in [2.24, 2.45) is 0 Å². The number of carbonyl (C=O) groups is 1. The molecule has 0 fully saturated rings. The molecule has 1 unspecified atom stereocenters. The van der Waals surface area contributed by atoms with Gasteiger partial charge in [0.1, 0.15) is 5.60 Å². The fourth-order valence-corrected chi connectivity index (χ4v) is 2.25. The van der Waals surface area contributed by atoms with Crippen LogP contribution in [-0.4, -0.2) is 5.97 Å². The molecule has 0 spiro atoms. The second kappa shape index (κ2) is 3.37. The van der Waals surface area contributed by atoms with Gasteiger partial charge in [0.2, 0.25) is 0 Å². The van der Waals surface area contributed by atoms with Crippen molar-refractivity contribution in [1.29, 1.82) is 0 Å². The van der Waals surface area contributed by atoms with E-state index in [0.29, 0.717) is 0 Å². The van der Waals surface area contributed by atoms with Gasteiger partial charge >= 0.3 is 5.97 Å². The molecule has 1 aliphatic heterocycles. The molecule has 0 amide bonds. The van der Waals surface area contributed by atoms with E-state index in [2.05, 4.69) is 19.9 Å². The highest BCUT2D eigenvalue weighted by atomic mass is 16.6. The number of hydrogen-bond donors (Lipinski definition) is 0. The number of hydrogen-bond acceptors (Lipinski definition) is 2. The topological polar surface area (TPSA) is 26.3 Å². The van der Waals surface area contributed by atoms with Crippen molar-refractivity contribution in [3.63, 3.8) is 0 Å². The van der Waals surface area contributed by atoms with Crippen molar-refractivity contribution in [2.75, 3.05) is 0 Å². The first-order valence-electron chi connectivity index (χ1n) is 5.48. The molecule has 1 aliphatic rings. The molecule has 80 valence electrons. The molecular formula is C13H16O2. The first-order valence-corrected chi connectivity index (χ1v) is 5.48. The minimum atomic E-state index is -0.418. The van der Waals surface area contributed by atoms with Gasteiger partial charge in [-0.15, -0.1) is 0 Å². The Morgan fingerprint density at radius 2 is 2.07 bits per heavy atom. The summed E-state index contributed by atoms with van der Waals surface area (Å²) >= 11 is 0. The molecule has 0 N–H and O–H groups in total. The lowest BCUT2D eigenvalue weighted by atomic mass is 9.87. The number of rotatable bonds is 2. The van der Waals surface area contributed by atoms with Crippen molar-refractivity contribution in [3.8, 4) is 0 Å². The highest BCUT2D eigenvalue weighted by molar-refractivity contribution is 5.95. The standard InChI is InChI=1S/C13H16O2/c1-4-9-7-6-8-10-11(9)13(3,5-2)15-12(10)14/h6-8H,4-5H2,1-3H3. The SMILES string of the molecule is CCc1cccc2c1C(C)(CC)OC2=O. The number of carbonyl (C=O) groups excluding carboxylic acids is 1. The zero-order valence-electron chi connectivity index (χ0n) is 9.46. The van der Waals surface area contributed by atoms with E-state index < -0.39 is 5.60 Å². The molecule has 2 rings (SSSR count). The Kier molecular flexibility index (Phi) is 2.29. The maximum Gasteiger partial charge on any atom is 0.339 e. The van der Waals surface area contributed by atoms with E-state index in [9.17, 15) is 4.79 Å². The molecule has 1 atom stereocenters. The zero-order chi connectivity index (χ0) is 11.1. The Morgan fingerprint density at radius 3 is 2.67 bits per heavy atom. The summed E-state index contributed by atoms with van der Waals surface area (Å²) in [7, 11) is 0. The van der Waals surface area contributed by atoms with Gasteiger partial charge in [0.05, 0.1) is 5.56 Å². The fraction of sp³-hybridized carbons (Fsp3) is 0.462. The van der Waals surface area contributed by atoms with Crippen LogP contribution in [0.25, 0.3) is 0 Å². The molecule has 1 aromatic rings. The molecule has 2 nitrogen and oxygen atoms in total. The van der Waals surface area contributed by atoms with Crippen LogP contribution in [-0.2, 0) is 16.8 Å². The minimum absolute atomic E-state index is 0.176. The number of aryl methyl sites for hydroxylation is 1. The smallest absolute Gasteiger partial charge is 0.339 e. The van der Waals surface area contributed by atoms with Crippen molar-refractivity contribution < 1.29 is 9.53 Å². The van der Waals surface area contributed by atoms with Gasteiger partial charge in [0.15, 0.2) is 0 Å². The summed E-state index contributed by atoms with van der Waals surface area (Å²) in [4.78, 5) is 11.7. The third-order valence-electron chi connectivity index (χ3n) is 3.27. The van der Waals surface area contributed by atoms with Gasteiger partial charge < -0.3 is 4.74 Å². The van der Waals surface area contributed by atoms with Gasteiger partial charge in [-0.05, 0) is 31.4 Å². The summed E-state index contributed by atoms with van der Waals surface area (Å²) in [5, 5.41) is 0. The maximum atomic E-state index is 11.7. The monoisotopic (exact) mass is 204 g/mol. The van der Waals surface area contributed by atoms with E-state index >= 15 is 0 Å². The Bertz CT molecular complexity index is 409. The van der Waals surface area contributed by atoms with Crippen LogP contribution < -0.4 is 0 Å². The van der Waals surface area contributed by atoms with Gasteiger partial charge in [-0.25, -0.2) is 4.79 Å². The Hall–Kier alpha value is -1.31. The molecule has 0 aromatic heterocycles. The first kappa shape index (κ1) is 10.2. The first-order chi connectivity index (χ1) is 7.12. The third kappa shape index (κ3) is 1.36. The van der Waals surface area contributed by atoms with Gasteiger partial charge in [-0.1, -0.05) is 26.0 Å². The van der Waals surface area contributed by atoms with Crippen molar-refractivity contribution >= 4 is 5.97 Å². The lowest BCUT2D eigenvalue weighted by Crippen LogP contribution is -2.21. The molecule has 0 saturated carbocycles. The molecule has 0 bridgehead atoms. The fourth-order valence-electron chi connectivity index (χ4n) is 2.25. The Labute approximate surface area is 90.3 Å². The lowest BCUT2D eigenvalue weighted by Gasteiger charge is -2.23. The average molecular weight is 204 g/mol. The number of fused-ring (bicyclic) bond motifs is 1. The van der Waals surface area contributed by atoms with Crippen LogP contribution in [0.4, 0.5) is 0 Å². The van der Waals surface area contributed by atoms with Crippen molar-refractivity contribution in [2.45, 2.75) is 39.2 Å². The molecule has 1 aromatic carbocycles. The van der Waals surface area contributed by atoms with Gasteiger partial charge in [-0.3, -0.25) is 0 Å². The average Bonchev–Trinajstić information content (AvgIpc) is 2.52. The molecule has 1 heterocycles. The predicted octanol–water partition coefficient (Wildman–Crippen LogP) is 3.04. The van der Waals surface area contributed by atoms with E-state index in [1.54, 1.807) is 0 Å². The largest absolute Gasteiger partial charge is 0.451 e. The number of benzene rings is 1. The molecule has 15 heavy (non-hydrogen) atoms. The van der Waals surface area contributed by atoms with Gasteiger partial charge in [-0.2, -0.15) is 0 Å². The summed E-state index contributed by atoms with van der Waals surface area (Å²) in [6.45, 7) is 6.15. The Balaban J connectivity index is 2.66. The van der Waals surface area contributed by atoms with Crippen LogP contribution in [0, 0.1) is 0 Å². The van der Waals surface area contributed by atoms with Crippen LogP contribution in [0.5, 0.6) is 0 Å². The minimum Gasteiger partial charge on any atom is -0.451 e. The van der Waals surface area contributed by atoms with Gasteiger partial charge in [0.25, 0.3) is 0 Å². The highest BCUT2D eigenvalue weighted by Crippen LogP contribution is 2.40. The summed E-state index contributed by atoms with van der Waals surface area (Å²) in [5.74, 6) is -0.176. The van der Waals surface area contributed by atoms with Crippen LogP contribution in [0.15, 0.2) is 18.2 Å². The third-order valence-corrected chi connectivity index (χ3v) is 3.27. The summed E-state index contributed by atoms with van der Waals surface area (Å²) in [6, 6.07) is 5.87. The van der Waals surface area contributed by atoms with E-state index in [1.165, 1.54) is 5.56 Å². The highest BCUT2D eigenvalue weighted by Gasteiger charge is 2.41.